The Kier molecular flexibility index (Phi) is 3.14. The molecule has 0 atom stereocenters. The lowest BCUT2D eigenvalue weighted by Crippen LogP contribution is -2.20. The number of hydrogen-bond donors (Lipinski definition) is 1. The maximum Gasteiger partial charge on any atom is 0.311 e. The number of amides is 1. The Morgan fingerprint density at radius 1 is 1.23 bits per heavy atom. The van der Waals surface area contributed by atoms with Crippen LogP contribution in [0.2, 0.25) is 0 Å². The van der Waals surface area contributed by atoms with Gasteiger partial charge >= 0.3 is 5.69 Å². The van der Waals surface area contributed by atoms with Gasteiger partial charge in [0, 0.05) is 24.3 Å². The van der Waals surface area contributed by atoms with Crippen molar-refractivity contribution < 1.29 is 14.8 Å². The molecule has 0 saturated heterocycles. The van der Waals surface area contributed by atoms with E-state index in [4.69, 9.17) is 0 Å². The highest BCUT2D eigenvalue weighted by Gasteiger charge is 2.29. The lowest BCUT2D eigenvalue weighted by atomic mass is 10.0. The summed E-state index contributed by atoms with van der Waals surface area (Å²) < 4.78 is 0. The van der Waals surface area contributed by atoms with Gasteiger partial charge in [-0.1, -0.05) is 24.3 Å². The van der Waals surface area contributed by atoms with Crippen molar-refractivity contribution in [3.8, 4) is 5.75 Å². The van der Waals surface area contributed by atoms with E-state index in [1.807, 2.05) is 24.3 Å². The third-order valence-electron chi connectivity index (χ3n) is 3.60. The summed E-state index contributed by atoms with van der Waals surface area (Å²) in [5, 5.41) is 20.4. The molecule has 22 heavy (non-hydrogen) atoms. The van der Waals surface area contributed by atoms with Gasteiger partial charge in [-0.2, -0.15) is 0 Å². The average molecular weight is 296 g/mol. The van der Waals surface area contributed by atoms with Crippen molar-refractivity contribution >= 4 is 28.9 Å². The minimum atomic E-state index is -0.659. The van der Waals surface area contributed by atoms with Crippen molar-refractivity contribution in [3.05, 3.63) is 63.7 Å². The second-order valence-corrected chi connectivity index (χ2v) is 4.94. The Balaban J connectivity index is 2.12. The van der Waals surface area contributed by atoms with Crippen LogP contribution in [0.3, 0.4) is 0 Å². The molecular weight excluding hydrogens is 284 g/mol. The molecule has 1 aliphatic heterocycles. The van der Waals surface area contributed by atoms with Crippen LogP contribution >= 0.6 is 0 Å². The van der Waals surface area contributed by atoms with Crippen LogP contribution in [0.5, 0.6) is 5.75 Å². The van der Waals surface area contributed by atoms with Gasteiger partial charge in [0.25, 0.3) is 5.91 Å². The van der Waals surface area contributed by atoms with Gasteiger partial charge in [0.05, 0.1) is 10.6 Å². The fourth-order valence-electron chi connectivity index (χ4n) is 2.48. The zero-order valence-electron chi connectivity index (χ0n) is 11.7. The predicted octanol–water partition coefficient (Wildman–Crippen LogP) is 2.82. The van der Waals surface area contributed by atoms with Crippen molar-refractivity contribution in [1.82, 2.24) is 0 Å². The van der Waals surface area contributed by atoms with Crippen LogP contribution in [0.25, 0.3) is 11.6 Å². The lowest BCUT2D eigenvalue weighted by Gasteiger charge is -2.07. The number of fused-ring (bicyclic) bond motifs is 1. The predicted molar refractivity (Wildman–Crippen MR) is 82.5 cm³/mol. The molecule has 110 valence electrons. The average Bonchev–Trinajstić information content (AvgIpc) is 2.74. The topological polar surface area (TPSA) is 83.7 Å². The first-order chi connectivity index (χ1) is 10.5. The Bertz CT molecular complexity index is 827. The van der Waals surface area contributed by atoms with E-state index in [0.29, 0.717) is 11.1 Å². The minimum absolute atomic E-state index is 0.170. The summed E-state index contributed by atoms with van der Waals surface area (Å²) in [7, 11) is 1.68. The van der Waals surface area contributed by atoms with Crippen LogP contribution in [-0.2, 0) is 4.79 Å². The first-order valence-electron chi connectivity index (χ1n) is 6.55. The van der Waals surface area contributed by atoms with Gasteiger partial charge in [-0.25, -0.2) is 0 Å². The molecule has 1 N–H and O–H groups in total. The normalized spacial score (nSPS) is 15.2. The number of aromatic hydroxyl groups is 1. The molecule has 0 radical (unpaired) electrons. The second kappa shape index (κ2) is 5.00. The smallest absolute Gasteiger partial charge is 0.311 e. The Morgan fingerprint density at radius 2 is 1.95 bits per heavy atom. The van der Waals surface area contributed by atoms with Gasteiger partial charge in [0.2, 0.25) is 0 Å². The number of phenols is 1. The fourth-order valence-corrected chi connectivity index (χ4v) is 2.48. The van der Waals surface area contributed by atoms with Gasteiger partial charge in [-0.15, -0.1) is 0 Å². The zero-order valence-corrected chi connectivity index (χ0v) is 11.7. The first-order valence-corrected chi connectivity index (χ1v) is 6.55. The number of para-hydroxylation sites is 1. The highest BCUT2D eigenvalue weighted by atomic mass is 16.6. The van der Waals surface area contributed by atoms with E-state index >= 15 is 0 Å². The van der Waals surface area contributed by atoms with E-state index in [1.165, 1.54) is 23.1 Å². The van der Waals surface area contributed by atoms with Gasteiger partial charge < -0.3 is 10.0 Å². The van der Waals surface area contributed by atoms with E-state index < -0.39 is 10.7 Å². The summed E-state index contributed by atoms with van der Waals surface area (Å²) in [5.74, 6) is -0.570. The summed E-state index contributed by atoms with van der Waals surface area (Å²) in [6.45, 7) is 0. The zero-order chi connectivity index (χ0) is 15.9. The number of nitro groups is 1. The molecular formula is C16H12N2O4. The number of hydrogen-bond acceptors (Lipinski definition) is 4. The molecule has 6 nitrogen and oxygen atoms in total. The molecule has 1 heterocycles. The standard InChI is InChI=1S/C16H12N2O4/c1-17-13-5-3-2-4-11(13)12(16(17)20)8-10-6-7-15(19)14(9-10)18(21)22/h2-9,19H,1H3/b12-8-. The number of phenolic OH excluding ortho intramolecular Hbond substituents is 1. The molecule has 1 aliphatic rings. The molecule has 2 aromatic carbocycles. The lowest BCUT2D eigenvalue weighted by molar-refractivity contribution is -0.385. The molecule has 0 fully saturated rings. The number of likely N-dealkylation sites (N-methyl/N-ethyl adjacent to an activating group) is 1. The van der Waals surface area contributed by atoms with Crippen LogP contribution in [0.15, 0.2) is 42.5 Å². The molecule has 0 unspecified atom stereocenters. The fraction of sp³-hybridized carbons (Fsp3) is 0.0625. The quantitative estimate of drug-likeness (QED) is 0.524. The number of rotatable bonds is 2. The number of nitro benzene ring substituents is 1. The van der Waals surface area contributed by atoms with E-state index in [1.54, 1.807) is 13.1 Å². The molecule has 3 rings (SSSR count). The van der Waals surface area contributed by atoms with E-state index in [9.17, 15) is 20.0 Å². The van der Waals surface area contributed by atoms with Crippen LogP contribution in [-0.4, -0.2) is 23.0 Å². The maximum atomic E-state index is 12.3. The minimum Gasteiger partial charge on any atom is -0.502 e. The first kappa shape index (κ1) is 13.8. The highest BCUT2D eigenvalue weighted by molar-refractivity contribution is 6.35. The largest absolute Gasteiger partial charge is 0.502 e. The Labute approximate surface area is 126 Å². The Morgan fingerprint density at radius 3 is 2.68 bits per heavy atom. The number of anilines is 1. The van der Waals surface area contributed by atoms with Gasteiger partial charge in [0.1, 0.15) is 0 Å². The van der Waals surface area contributed by atoms with Crippen molar-refractivity contribution in [2.45, 2.75) is 0 Å². The van der Waals surface area contributed by atoms with E-state index in [0.717, 1.165) is 11.3 Å². The number of carbonyl (C=O) groups excluding carboxylic acids is 1. The number of nitrogens with zero attached hydrogens (tertiary/aromatic N) is 2. The van der Waals surface area contributed by atoms with Gasteiger partial charge in [0.15, 0.2) is 5.75 Å². The molecule has 0 aliphatic carbocycles. The summed E-state index contributed by atoms with van der Waals surface area (Å²) in [5.41, 5.74) is 2.15. The molecule has 0 bridgehead atoms. The van der Waals surface area contributed by atoms with Gasteiger partial charge in [-0.3, -0.25) is 14.9 Å². The summed E-state index contributed by atoms with van der Waals surface area (Å²) in [4.78, 5) is 24.1. The van der Waals surface area contributed by atoms with Crippen LogP contribution in [0.4, 0.5) is 11.4 Å². The molecule has 0 aromatic heterocycles. The number of benzene rings is 2. The molecule has 1 amide bonds. The van der Waals surface area contributed by atoms with E-state index in [2.05, 4.69) is 0 Å². The molecule has 0 spiro atoms. The second-order valence-electron chi connectivity index (χ2n) is 4.94. The highest BCUT2D eigenvalue weighted by Crippen LogP contribution is 2.37. The van der Waals surface area contributed by atoms with Crippen molar-refractivity contribution in [2.75, 3.05) is 11.9 Å². The van der Waals surface area contributed by atoms with Crippen LogP contribution in [0.1, 0.15) is 11.1 Å². The van der Waals surface area contributed by atoms with Crippen LogP contribution < -0.4 is 4.90 Å². The number of carbonyl (C=O) groups is 1. The van der Waals surface area contributed by atoms with Crippen LogP contribution in [0, 0.1) is 10.1 Å². The summed E-state index contributed by atoms with van der Waals surface area (Å²) in [6.07, 6.45) is 1.59. The monoisotopic (exact) mass is 296 g/mol. The molecule has 2 aromatic rings. The third-order valence-corrected chi connectivity index (χ3v) is 3.60. The summed E-state index contributed by atoms with van der Waals surface area (Å²) >= 11 is 0. The SMILES string of the molecule is CN1C(=O)/C(=C\c2ccc(O)c([N+](=O)[O-])c2)c2ccccc21. The summed E-state index contributed by atoms with van der Waals surface area (Å²) in [6, 6.07) is 11.4. The molecule has 6 heteroatoms. The maximum absolute atomic E-state index is 12.3. The van der Waals surface area contributed by atoms with Gasteiger partial charge in [-0.05, 0) is 23.8 Å². The Hall–Kier alpha value is -3.15. The molecule has 0 saturated carbocycles. The van der Waals surface area contributed by atoms with Crippen molar-refractivity contribution in [3.63, 3.8) is 0 Å². The van der Waals surface area contributed by atoms with E-state index in [-0.39, 0.29) is 11.6 Å². The van der Waals surface area contributed by atoms with Crippen molar-refractivity contribution in [1.29, 1.82) is 0 Å². The van der Waals surface area contributed by atoms with Crippen molar-refractivity contribution in [2.24, 2.45) is 0 Å². The third kappa shape index (κ3) is 2.10.